The average molecular weight is 516 g/mol. The van der Waals surface area contributed by atoms with Crippen molar-refractivity contribution in [3.05, 3.63) is 35.9 Å². The second-order valence-corrected chi connectivity index (χ2v) is 11.2. The third kappa shape index (κ3) is 10.9. The van der Waals surface area contributed by atoms with E-state index in [1.807, 2.05) is 4.90 Å². The number of carbonyl (C=O) groups is 1. The third-order valence-corrected chi connectivity index (χ3v) is 8.11. The highest BCUT2D eigenvalue weighted by molar-refractivity contribution is 5.74. The van der Waals surface area contributed by atoms with Crippen LogP contribution in [0, 0.1) is 11.8 Å². The fraction of sp³-hybridized carbons (Fsp3) is 0.774. The Kier molecular flexibility index (Phi) is 14.4. The molecule has 3 rings (SSSR count). The van der Waals surface area contributed by atoms with Gasteiger partial charge in [-0.25, -0.2) is 4.79 Å². The van der Waals surface area contributed by atoms with E-state index in [0.717, 1.165) is 57.8 Å². The van der Waals surface area contributed by atoms with Crippen molar-refractivity contribution in [2.24, 2.45) is 11.8 Å². The quantitative estimate of drug-likeness (QED) is 0.253. The number of amides is 2. The number of nitrogens with zero attached hydrogens (tertiary/aromatic N) is 1. The van der Waals surface area contributed by atoms with Crippen molar-refractivity contribution in [1.29, 1.82) is 0 Å². The Morgan fingerprint density at radius 2 is 1.84 bits per heavy atom. The number of hydrogen-bond donors (Lipinski definition) is 2. The minimum absolute atomic E-state index is 0.00641. The molecule has 210 valence electrons. The number of urea groups is 1. The molecular formula is C31H53N3O3. The number of likely N-dealkylation sites (tertiary alicyclic amines) is 1. The van der Waals surface area contributed by atoms with Gasteiger partial charge in [-0.3, -0.25) is 0 Å². The number of piperidine rings is 1. The molecule has 1 saturated heterocycles. The molecule has 6 nitrogen and oxygen atoms in total. The summed E-state index contributed by atoms with van der Waals surface area (Å²) in [6, 6.07) is 10.8. The van der Waals surface area contributed by atoms with E-state index in [0.29, 0.717) is 19.1 Å². The van der Waals surface area contributed by atoms with Crippen molar-refractivity contribution in [1.82, 2.24) is 15.5 Å². The molecule has 2 amide bonds. The van der Waals surface area contributed by atoms with Crippen LogP contribution in [0.5, 0.6) is 0 Å². The molecule has 2 aliphatic rings. The summed E-state index contributed by atoms with van der Waals surface area (Å²) in [4.78, 5) is 15.6. The number of ether oxygens (including phenoxy) is 2. The summed E-state index contributed by atoms with van der Waals surface area (Å²) in [6.07, 6.45) is 14.5. The van der Waals surface area contributed by atoms with Crippen LogP contribution in [0.3, 0.4) is 0 Å². The van der Waals surface area contributed by atoms with Gasteiger partial charge in [-0.1, -0.05) is 82.2 Å². The van der Waals surface area contributed by atoms with Crippen LogP contribution in [0.1, 0.15) is 95.6 Å². The van der Waals surface area contributed by atoms with Gasteiger partial charge in [0, 0.05) is 51.9 Å². The van der Waals surface area contributed by atoms with E-state index in [2.05, 4.69) is 47.9 Å². The zero-order valence-electron chi connectivity index (χ0n) is 23.6. The van der Waals surface area contributed by atoms with Crippen molar-refractivity contribution in [3.8, 4) is 0 Å². The summed E-state index contributed by atoms with van der Waals surface area (Å²) < 4.78 is 11.6. The molecule has 2 N–H and O–H groups in total. The van der Waals surface area contributed by atoms with Crippen LogP contribution in [0.2, 0.25) is 0 Å². The van der Waals surface area contributed by atoms with E-state index in [1.165, 1.54) is 56.9 Å². The molecule has 0 radical (unpaired) electrons. The van der Waals surface area contributed by atoms with Crippen molar-refractivity contribution in [3.63, 3.8) is 0 Å². The highest BCUT2D eigenvalue weighted by Gasteiger charge is 2.32. The molecule has 6 heteroatoms. The molecule has 1 aliphatic carbocycles. The van der Waals surface area contributed by atoms with Gasteiger partial charge >= 0.3 is 6.03 Å². The lowest BCUT2D eigenvalue weighted by atomic mass is 9.84. The number of benzene rings is 1. The van der Waals surface area contributed by atoms with Crippen LogP contribution < -0.4 is 10.6 Å². The van der Waals surface area contributed by atoms with Crippen molar-refractivity contribution >= 4 is 6.03 Å². The van der Waals surface area contributed by atoms with Crippen LogP contribution in [-0.4, -0.2) is 63.5 Å². The van der Waals surface area contributed by atoms with E-state index in [9.17, 15) is 4.79 Å². The fourth-order valence-electron chi connectivity index (χ4n) is 6.06. The van der Waals surface area contributed by atoms with Crippen LogP contribution in [-0.2, 0) is 9.47 Å². The van der Waals surface area contributed by atoms with Gasteiger partial charge in [0.2, 0.25) is 0 Å². The first-order valence-electron chi connectivity index (χ1n) is 15.1. The Labute approximate surface area is 226 Å². The average Bonchev–Trinajstić information content (AvgIpc) is 2.94. The van der Waals surface area contributed by atoms with Gasteiger partial charge in [-0.15, -0.1) is 0 Å². The predicted octanol–water partition coefficient (Wildman–Crippen LogP) is 6.32. The number of carbonyl (C=O) groups excluding carboxylic acids is 1. The summed E-state index contributed by atoms with van der Waals surface area (Å²) in [5.74, 6) is 1.04. The smallest absolute Gasteiger partial charge is 0.317 e. The van der Waals surface area contributed by atoms with Crippen LogP contribution in [0.15, 0.2) is 30.3 Å². The molecule has 1 saturated carbocycles. The van der Waals surface area contributed by atoms with Crippen LogP contribution in [0.25, 0.3) is 0 Å². The van der Waals surface area contributed by atoms with Gasteiger partial charge in [-0.2, -0.15) is 0 Å². The van der Waals surface area contributed by atoms with Crippen LogP contribution in [0.4, 0.5) is 4.79 Å². The van der Waals surface area contributed by atoms with Gasteiger partial charge in [0.15, 0.2) is 0 Å². The van der Waals surface area contributed by atoms with Crippen molar-refractivity contribution in [2.45, 2.75) is 96.1 Å². The standard InChI is InChI=1S/C31H53N3O3/c1-3-4-11-19-32-24-29(23-26-14-7-5-8-15-26)33-31(35)34-20-12-18-28(25-34)30(37-22-13-21-36-2)27-16-9-6-10-17-27/h6,9-10,16-17,26,28-30,32H,3-5,7-8,11-15,18-25H2,1-2H3,(H,33,35)/t28-,29+,30+/m1/s1. The first kappa shape index (κ1) is 29.9. The van der Waals surface area contributed by atoms with E-state index in [4.69, 9.17) is 9.47 Å². The molecule has 0 aromatic heterocycles. The maximum Gasteiger partial charge on any atom is 0.317 e. The molecule has 1 aliphatic heterocycles. The molecule has 2 fully saturated rings. The molecule has 3 atom stereocenters. The largest absolute Gasteiger partial charge is 0.385 e. The first-order chi connectivity index (χ1) is 18.2. The number of methoxy groups -OCH3 is 1. The summed E-state index contributed by atoms with van der Waals surface area (Å²) in [5.41, 5.74) is 1.21. The van der Waals surface area contributed by atoms with E-state index < -0.39 is 0 Å². The van der Waals surface area contributed by atoms with Gasteiger partial charge in [0.25, 0.3) is 0 Å². The predicted molar refractivity (Wildman–Crippen MR) is 152 cm³/mol. The molecule has 37 heavy (non-hydrogen) atoms. The second kappa shape index (κ2) is 17.8. The zero-order valence-corrected chi connectivity index (χ0v) is 23.6. The van der Waals surface area contributed by atoms with E-state index >= 15 is 0 Å². The lowest BCUT2D eigenvalue weighted by Gasteiger charge is -2.38. The summed E-state index contributed by atoms with van der Waals surface area (Å²) in [7, 11) is 1.73. The molecule has 1 aromatic carbocycles. The molecule has 0 unspecified atom stereocenters. The highest BCUT2D eigenvalue weighted by Crippen LogP contribution is 2.33. The summed E-state index contributed by atoms with van der Waals surface area (Å²) in [6.45, 7) is 7.10. The lowest BCUT2D eigenvalue weighted by Crippen LogP contribution is -2.52. The maximum absolute atomic E-state index is 13.5. The van der Waals surface area contributed by atoms with Gasteiger partial charge in [-0.05, 0) is 50.1 Å². The maximum atomic E-state index is 13.5. The SMILES string of the molecule is CCCCCNC[C@H](CC1CCCCC1)NC(=O)N1CCC[C@@H]([C@@H](OCCCOC)c2ccccc2)C1. The summed E-state index contributed by atoms with van der Waals surface area (Å²) in [5, 5.41) is 7.09. The van der Waals surface area contributed by atoms with Gasteiger partial charge in [0.05, 0.1) is 6.10 Å². The van der Waals surface area contributed by atoms with Gasteiger partial charge < -0.3 is 25.0 Å². The summed E-state index contributed by atoms with van der Waals surface area (Å²) >= 11 is 0. The zero-order chi connectivity index (χ0) is 26.1. The van der Waals surface area contributed by atoms with E-state index in [1.54, 1.807) is 7.11 Å². The number of hydrogen-bond acceptors (Lipinski definition) is 4. The number of unbranched alkanes of at least 4 members (excludes halogenated alkanes) is 2. The number of nitrogens with one attached hydrogen (secondary N) is 2. The third-order valence-electron chi connectivity index (χ3n) is 8.11. The Balaban J connectivity index is 1.58. The van der Waals surface area contributed by atoms with Gasteiger partial charge in [0.1, 0.15) is 0 Å². The Morgan fingerprint density at radius 1 is 1.03 bits per heavy atom. The Bertz CT molecular complexity index is 726. The number of rotatable bonds is 16. The molecule has 1 heterocycles. The molecule has 0 bridgehead atoms. The topological polar surface area (TPSA) is 62.8 Å². The van der Waals surface area contributed by atoms with Crippen molar-refractivity contribution < 1.29 is 14.3 Å². The van der Waals surface area contributed by atoms with Crippen molar-refractivity contribution in [2.75, 3.05) is 46.5 Å². The Hall–Kier alpha value is -1.63. The van der Waals surface area contributed by atoms with E-state index in [-0.39, 0.29) is 18.2 Å². The lowest BCUT2D eigenvalue weighted by molar-refractivity contribution is -0.0168. The molecule has 1 aromatic rings. The van der Waals surface area contributed by atoms with Crippen LogP contribution >= 0.6 is 0 Å². The normalized spacial score (nSPS) is 20.5. The highest BCUT2D eigenvalue weighted by atomic mass is 16.5. The second-order valence-electron chi connectivity index (χ2n) is 11.2. The first-order valence-corrected chi connectivity index (χ1v) is 15.1. The monoisotopic (exact) mass is 515 g/mol. The fourth-order valence-corrected chi connectivity index (χ4v) is 6.06. The molecular weight excluding hydrogens is 462 g/mol. The minimum Gasteiger partial charge on any atom is -0.385 e. The Morgan fingerprint density at radius 3 is 2.59 bits per heavy atom. The minimum atomic E-state index is 0.00641. The molecule has 0 spiro atoms.